The first kappa shape index (κ1) is 13.0. The van der Waals surface area contributed by atoms with Gasteiger partial charge in [0, 0.05) is 17.3 Å². The van der Waals surface area contributed by atoms with Crippen LogP contribution < -0.4 is 5.73 Å². The second kappa shape index (κ2) is 5.46. The first-order valence-corrected chi connectivity index (χ1v) is 6.20. The standard InChI is InChI=1S/C14H17ClN2O/c1-10-3-5-13(18-10)9-17(2)8-11-7-12(16)4-6-14(11)15/h3-7H,8-9,16H2,1-2H3. The minimum Gasteiger partial charge on any atom is -0.465 e. The molecule has 4 heteroatoms. The Bertz CT molecular complexity index is 536. The molecule has 1 heterocycles. The van der Waals surface area contributed by atoms with Crippen LogP contribution in [0.1, 0.15) is 17.1 Å². The summed E-state index contributed by atoms with van der Waals surface area (Å²) in [5.41, 5.74) is 7.53. The number of nitrogens with zero attached hydrogens (tertiary/aromatic N) is 1. The van der Waals surface area contributed by atoms with Gasteiger partial charge in [-0.2, -0.15) is 0 Å². The highest BCUT2D eigenvalue weighted by molar-refractivity contribution is 6.31. The highest BCUT2D eigenvalue weighted by Crippen LogP contribution is 2.21. The molecular weight excluding hydrogens is 248 g/mol. The number of furan rings is 1. The van der Waals surface area contributed by atoms with Crippen LogP contribution in [0.25, 0.3) is 0 Å². The van der Waals surface area contributed by atoms with Gasteiger partial charge in [-0.3, -0.25) is 4.90 Å². The molecule has 0 fully saturated rings. The number of hydrogen-bond donors (Lipinski definition) is 1. The minimum atomic E-state index is 0.733. The van der Waals surface area contributed by atoms with Crippen molar-refractivity contribution in [2.75, 3.05) is 12.8 Å². The van der Waals surface area contributed by atoms with Crippen LogP contribution in [0.3, 0.4) is 0 Å². The Morgan fingerprint density at radius 2 is 2.00 bits per heavy atom. The Balaban J connectivity index is 2.02. The maximum atomic E-state index is 6.14. The number of hydrogen-bond acceptors (Lipinski definition) is 3. The van der Waals surface area contributed by atoms with E-state index in [0.717, 1.165) is 40.9 Å². The van der Waals surface area contributed by atoms with Gasteiger partial charge < -0.3 is 10.2 Å². The molecule has 2 aromatic rings. The fourth-order valence-corrected chi connectivity index (χ4v) is 2.08. The van der Waals surface area contributed by atoms with Crippen molar-refractivity contribution in [3.63, 3.8) is 0 Å². The lowest BCUT2D eigenvalue weighted by Crippen LogP contribution is -2.17. The molecule has 1 aromatic heterocycles. The molecule has 0 bridgehead atoms. The van der Waals surface area contributed by atoms with Gasteiger partial charge in [-0.05, 0) is 49.9 Å². The fourth-order valence-electron chi connectivity index (χ4n) is 1.90. The number of aryl methyl sites for hydroxylation is 1. The Morgan fingerprint density at radius 3 is 2.67 bits per heavy atom. The summed E-state index contributed by atoms with van der Waals surface area (Å²) < 4.78 is 5.55. The number of benzene rings is 1. The molecule has 0 aliphatic carbocycles. The SMILES string of the molecule is Cc1ccc(CN(C)Cc2cc(N)ccc2Cl)o1. The van der Waals surface area contributed by atoms with E-state index in [9.17, 15) is 0 Å². The summed E-state index contributed by atoms with van der Waals surface area (Å²) in [5, 5.41) is 0.742. The Labute approximate surface area is 112 Å². The van der Waals surface area contributed by atoms with E-state index in [-0.39, 0.29) is 0 Å². The summed E-state index contributed by atoms with van der Waals surface area (Å²) >= 11 is 6.14. The van der Waals surface area contributed by atoms with E-state index < -0.39 is 0 Å². The van der Waals surface area contributed by atoms with Gasteiger partial charge in [-0.25, -0.2) is 0 Å². The van der Waals surface area contributed by atoms with Gasteiger partial charge in [-0.1, -0.05) is 11.6 Å². The molecular formula is C14H17ClN2O. The zero-order valence-corrected chi connectivity index (χ0v) is 11.4. The van der Waals surface area contributed by atoms with E-state index in [1.807, 2.05) is 44.3 Å². The van der Waals surface area contributed by atoms with Gasteiger partial charge >= 0.3 is 0 Å². The lowest BCUT2D eigenvalue weighted by molar-refractivity contribution is 0.285. The molecule has 18 heavy (non-hydrogen) atoms. The molecule has 0 unspecified atom stereocenters. The summed E-state index contributed by atoms with van der Waals surface area (Å²) in [7, 11) is 2.03. The topological polar surface area (TPSA) is 42.4 Å². The Morgan fingerprint density at radius 1 is 1.22 bits per heavy atom. The quantitative estimate of drug-likeness (QED) is 0.860. The van der Waals surface area contributed by atoms with Crippen molar-refractivity contribution < 1.29 is 4.42 Å². The summed E-state index contributed by atoms with van der Waals surface area (Å²) in [5.74, 6) is 1.88. The summed E-state index contributed by atoms with van der Waals surface area (Å²) in [6, 6.07) is 9.51. The van der Waals surface area contributed by atoms with Crippen LogP contribution in [0.2, 0.25) is 5.02 Å². The first-order valence-electron chi connectivity index (χ1n) is 5.82. The monoisotopic (exact) mass is 264 g/mol. The first-order chi connectivity index (χ1) is 8.54. The van der Waals surface area contributed by atoms with E-state index in [2.05, 4.69) is 4.90 Å². The molecule has 0 amide bonds. The molecule has 0 saturated heterocycles. The van der Waals surface area contributed by atoms with E-state index >= 15 is 0 Å². The minimum absolute atomic E-state index is 0.733. The predicted molar refractivity (Wildman–Crippen MR) is 74.5 cm³/mol. The smallest absolute Gasteiger partial charge is 0.118 e. The van der Waals surface area contributed by atoms with Crippen molar-refractivity contribution in [2.45, 2.75) is 20.0 Å². The second-order valence-corrected chi connectivity index (χ2v) is 4.94. The number of nitrogens with two attached hydrogens (primary N) is 1. The fraction of sp³-hybridized carbons (Fsp3) is 0.286. The van der Waals surface area contributed by atoms with E-state index in [0.29, 0.717) is 0 Å². The molecule has 2 rings (SSSR count). The van der Waals surface area contributed by atoms with Crippen LogP contribution in [0, 0.1) is 6.92 Å². The van der Waals surface area contributed by atoms with Gasteiger partial charge in [0.2, 0.25) is 0 Å². The molecule has 0 aliphatic heterocycles. The van der Waals surface area contributed by atoms with Crippen molar-refractivity contribution in [3.8, 4) is 0 Å². The number of rotatable bonds is 4. The summed E-state index contributed by atoms with van der Waals surface area (Å²) in [4.78, 5) is 2.14. The van der Waals surface area contributed by atoms with Crippen molar-refractivity contribution in [1.29, 1.82) is 0 Å². The molecule has 0 aliphatic rings. The predicted octanol–water partition coefficient (Wildman–Crippen LogP) is 3.46. The third-order valence-electron chi connectivity index (χ3n) is 2.73. The van der Waals surface area contributed by atoms with E-state index in [4.69, 9.17) is 21.8 Å². The molecule has 1 aromatic carbocycles. The normalized spacial score (nSPS) is 11.1. The Kier molecular flexibility index (Phi) is 3.94. The van der Waals surface area contributed by atoms with Gasteiger partial charge in [0.1, 0.15) is 11.5 Å². The third-order valence-corrected chi connectivity index (χ3v) is 3.10. The third kappa shape index (κ3) is 3.28. The average Bonchev–Trinajstić information content (AvgIpc) is 2.69. The van der Waals surface area contributed by atoms with Crippen LogP contribution in [0.15, 0.2) is 34.7 Å². The van der Waals surface area contributed by atoms with Crippen LogP contribution in [-0.2, 0) is 13.1 Å². The second-order valence-electron chi connectivity index (χ2n) is 4.54. The van der Waals surface area contributed by atoms with Gasteiger partial charge in [-0.15, -0.1) is 0 Å². The van der Waals surface area contributed by atoms with Gasteiger partial charge in [0.05, 0.1) is 6.54 Å². The van der Waals surface area contributed by atoms with Crippen molar-refractivity contribution in [3.05, 3.63) is 52.4 Å². The average molecular weight is 265 g/mol. The highest BCUT2D eigenvalue weighted by Gasteiger charge is 2.07. The molecule has 3 nitrogen and oxygen atoms in total. The summed E-state index contributed by atoms with van der Waals surface area (Å²) in [6.45, 7) is 3.43. The molecule has 0 saturated carbocycles. The van der Waals surface area contributed by atoms with Crippen LogP contribution in [0.4, 0.5) is 5.69 Å². The van der Waals surface area contributed by atoms with Crippen molar-refractivity contribution in [1.82, 2.24) is 4.90 Å². The molecule has 0 spiro atoms. The van der Waals surface area contributed by atoms with Crippen molar-refractivity contribution >= 4 is 17.3 Å². The number of halogens is 1. The molecule has 96 valence electrons. The van der Waals surface area contributed by atoms with Crippen LogP contribution >= 0.6 is 11.6 Å². The lowest BCUT2D eigenvalue weighted by Gasteiger charge is -2.16. The zero-order valence-electron chi connectivity index (χ0n) is 10.6. The van der Waals surface area contributed by atoms with E-state index in [1.54, 1.807) is 0 Å². The molecule has 0 radical (unpaired) electrons. The molecule has 0 atom stereocenters. The summed E-state index contributed by atoms with van der Waals surface area (Å²) in [6.07, 6.45) is 0. The lowest BCUT2D eigenvalue weighted by atomic mass is 10.2. The van der Waals surface area contributed by atoms with Crippen LogP contribution in [-0.4, -0.2) is 11.9 Å². The van der Waals surface area contributed by atoms with Gasteiger partial charge in [0.15, 0.2) is 0 Å². The molecule has 2 N–H and O–H groups in total. The van der Waals surface area contributed by atoms with Gasteiger partial charge in [0.25, 0.3) is 0 Å². The van der Waals surface area contributed by atoms with Crippen LogP contribution in [0.5, 0.6) is 0 Å². The largest absolute Gasteiger partial charge is 0.465 e. The van der Waals surface area contributed by atoms with Crippen molar-refractivity contribution in [2.24, 2.45) is 0 Å². The maximum Gasteiger partial charge on any atom is 0.118 e. The highest BCUT2D eigenvalue weighted by atomic mass is 35.5. The number of nitrogen functional groups attached to an aromatic ring is 1. The van der Waals surface area contributed by atoms with E-state index in [1.165, 1.54) is 0 Å². The Hall–Kier alpha value is -1.45. The zero-order chi connectivity index (χ0) is 13.1. The maximum absolute atomic E-state index is 6.14. The number of anilines is 1.